The van der Waals surface area contributed by atoms with Crippen molar-refractivity contribution in [2.24, 2.45) is 0 Å². The van der Waals surface area contributed by atoms with E-state index in [9.17, 15) is 9.59 Å². The number of nitrogens with one attached hydrogen (secondary N) is 1. The highest BCUT2D eigenvalue weighted by Crippen LogP contribution is 2.13. The van der Waals surface area contributed by atoms with Crippen molar-refractivity contribution < 1.29 is 14.7 Å². The third-order valence-electron chi connectivity index (χ3n) is 3.39. The van der Waals surface area contributed by atoms with Crippen LogP contribution in [0.4, 0.5) is 0 Å². The first kappa shape index (κ1) is 15.1. The summed E-state index contributed by atoms with van der Waals surface area (Å²) in [5.41, 5.74) is 2.25. The predicted molar refractivity (Wildman–Crippen MR) is 78.7 cm³/mol. The van der Waals surface area contributed by atoms with E-state index in [0.29, 0.717) is 31.6 Å². The fraction of sp³-hybridized carbons (Fsp3) is 0.375. The standard InChI is InChI=1S/C16H18N2O3/c1-12-4-5-14(11-13(12)3-2-10-19)16(21)18-8-6-15(20)17-7-9-18/h4-5,11,19H,6-10H2,1H3,(H,17,20). The predicted octanol–water partition coefficient (Wildman–Crippen LogP) is 0.301. The number of rotatable bonds is 1. The Hall–Kier alpha value is -2.32. The van der Waals surface area contributed by atoms with Crippen LogP contribution in [0.15, 0.2) is 18.2 Å². The highest BCUT2D eigenvalue weighted by Gasteiger charge is 2.20. The number of carbonyl (C=O) groups excluding carboxylic acids is 2. The Kier molecular flexibility index (Phi) is 4.96. The molecule has 1 aliphatic heterocycles. The van der Waals surface area contributed by atoms with Crippen LogP contribution in [0.5, 0.6) is 0 Å². The van der Waals surface area contributed by atoms with Gasteiger partial charge in [-0.15, -0.1) is 0 Å². The molecule has 0 spiro atoms. The Bertz CT molecular complexity index is 614. The van der Waals surface area contributed by atoms with Gasteiger partial charge in [-0.3, -0.25) is 9.59 Å². The molecule has 110 valence electrons. The van der Waals surface area contributed by atoms with Crippen molar-refractivity contribution in [1.29, 1.82) is 0 Å². The fourth-order valence-electron chi connectivity index (χ4n) is 2.18. The van der Waals surface area contributed by atoms with E-state index in [1.165, 1.54) is 0 Å². The number of aliphatic hydroxyl groups is 1. The van der Waals surface area contributed by atoms with Crippen molar-refractivity contribution in [3.05, 3.63) is 34.9 Å². The van der Waals surface area contributed by atoms with Crippen molar-refractivity contribution >= 4 is 11.8 Å². The molecule has 0 bridgehead atoms. The summed E-state index contributed by atoms with van der Waals surface area (Å²) in [6, 6.07) is 5.35. The van der Waals surface area contributed by atoms with E-state index in [2.05, 4.69) is 17.2 Å². The van der Waals surface area contributed by atoms with Crippen molar-refractivity contribution in [3.63, 3.8) is 0 Å². The van der Waals surface area contributed by atoms with Gasteiger partial charge in [0, 0.05) is 37.2 Å². The molecular weight excluding hydrogens is 268 g/mol. The van der Waals surface area contributed by atoms with E-state index in [0.717, 1.165) is 11.1 Å². The minimum Gasteiger partial charge on any atom is -0.384 e. The molecule has 2 rings (SSSR count). The lowest BCUT2D eigenvalue weighted by molar-refractivity contribution is -0.120. The number of aliphatic hydroxyl groups excluding tert-OH is 1. The lowest BCUT2D eigenvalue weighted by atomic mass is 10.0. The zero-order valence-corrected chi connectivity index (χ0v) is 12.0. The van der Waals surface area contributed by atoms with Gasteiger partial charge in [0.25, 0.3) is 5.91 Å². The maximum Gasteiger partial charge on any atom is 0.253 e. The molecule has 1 aromatic carbocycles. The first-order chi connectivity index (χ1) is 10.1. The summed E-state index contributed by atoms with van der Waals surface area (Å²) in [4.78, 5) is 25.5. The number of hydrogen-bond acceptors (Lipinski definition) is 3. The van der Waals surface area contributed by atoms with Gasteiger partial charge in [-0.05, 0) is 24.6 Å². The second kappa shape index (κ2) is 6.91. The molecule has 1 heterocycles. The first-order valence-corrected chi connectivity index (χ1v) is 6.88. The third-order valence-corrected chi connectivity index (χ3v) is 3.39. The molecule has 0 saturated carbocycles. The Labute approximate surface area is 124 Å². The number of nitrogens with zero attached hydrogens (tertiary/aromatic N) is 1. The van der Waals surface area contributed by atoms with Crippen LogP contribution in [0, 0.1) is 18.8 Å². The van der Waals surface area contributed by atoms with E-state index >= 15 is 0 Å². The van der Waals surface area contributed by atoms with Gasteiger partial charge in [0.2, 0.25) is 5.91 Å². The highest BCUT2D eigenvalue weighted by atomic mass is 16.2. The zero-order valence-electron chi connectivity index (χ0n) is 12.0. The minimum absolute atomic E-state index is 0.0243. The average Bonchev–Trinajstić information content (AvgIpc) is 2.70. The minimum atomic E-state index is -0.211. The molecule has 0 radical (unpaired) electrons. The summed E-state index contributed by atoms with van der Waals surface area (Å²) in [5.74, 6) is 5.31. The van der Waals surface area contributed by atoms with Crippen LogP contribution in [0.3, 0.4) is 0 Å². The first-order valence-electron chi connectivity index (χ1n) is 6.88. The number of benzene rings is 1. The summed E-state index contributed by atoms with van der Waals surface area (Å²) >= 11 is 0. The van der Waals surface area contributed by atoms with Crippen molar-refractivity contribution in [2.45, 2.75) is 13.3 Å². The van der Waals surface area contributed by atoms with Gasteiger partial charge in [0.15, 0.2) is 0 Å². The summed E-state index contributed by atoms with van der Waals surface area (Å²) < 4.78 is 0. The van der Waals surface area contributed by atoms with Gasteiger partial charge >= 0.3 is 0 Å². The Morgan fingerprint density at radius 2 is 2.24 bits per heavy atom. The van der Waals surface area contributed by atoms with E-state index in [4.69, 9.17) is 5.11 Å². The average molecular weight is 286 g/mol. The van der Waals surface area contributed by atoms with Crippen LogP contribution in [0.25, 0.3) is 0 Å². The third kappa shape index (κ3) is 3.83. The van der Waals surface area contributed by atoms with Crippen LogP contribution in [-0.2, 0) is 4.79 Å². The highest BCUT2D eigenvalue weighted by molar-refractivity contribution is 5.95. The monoisotopic (exact) mass is 286 g/mol. The quantitative estimate of drug-likeness (QED) is 0.730. The van der Waals surface area contributed by atoms with Crippen LogP contribution in [-0.4, -0.2) is 48.1 Å². The molecular formula is C16H18N2O3. The Morgan fingerprint density at radius 1 is 1.43 bits per heavy atom. The van der Waals surface area contributed by atoms with Crippen molar-refractivity contribution in [1.82, 2.24) is 10.2 Å². The van der Waals surface area contributed by atoms with Crippen molar-refractivity contribution in [2.75, 3.05) is 26.2 Å². The fourth-order valence-corrected chi connectivity index (χ4v) is 2.18. The molecule has 0 atom stereocenters. The molecule has 1 aromatic rings. The summed E-state index contributed by atoms with van der Waals surface area (Å²) in [5, 5.41) is 11.5. The molecule has 21 heavy (non-hydrogen) atoms. The molecule has 2 amide bonds. The van der Waals surface area contributed by atoms with Crippen LogP contribution in [0.1, 0.15) is 27.9 Å². The van der Waals surface area contributed by atoms with Gasteiger partial charge in [-0.2, -0.15) is 0 Å². The number of amides is 2. The second-order valence-corrected chi connectivity index (χ2v) is 4.88. The number of aryl methyl sites for hydroxylation is 1. The molecule has 1 saturated heterocycles. The van der Waals surface area contributed by atoms with E-state index in [1.54, 1.807) is 17.0 Å². The van der Waals surface area contributed by atoms with Crippen LogP contribution >= 0.6 is 0 Å². The maximum absolute atomic E-state index is 12.5. The second-order valence-electron chi connectivity index (χ2n) is 4.88. The normalized spacial score (nSPS) is 14.8. The largest absolute Gasteiger partial charge is 0.384 e. The molecule has 0 unspecified atom stereocenters. The van der Waals surface area contributed by atoms with Gasteiger partial charge in [-0.1, -0.05) is 17.9 Å². The van der Waals surface area contributed by atoms with Crippen LogP contribution < -0.4 is 5.32 Å². The van der Waals surface area contributed by atoms with Crippen LogP contribution in [0.2, 0.25) is 0 Å². The molecule has 5 nitrogen and oxygen atoms in total. The topological polar surface area (TPSA) is 69.6 Å². The smallest absolute Gasteiger partial charge is 0.253 e. The van der Waals surface area contributed by atoms with Gasteiger partial charge in [0.05, 0.1) is 0 Å². The SMILES string of the molecule is Cc1ccc(C(=O)N2CCNC(=O)CC2)cc1C#CCO. The molecule has 0 aromatic heterocycles. The summed E-state index contributed by atoms with van der Waals surface area (Å²) in [7, 11) is 0. The van der Waals surface area contributed by atoms with Gasteiger partial charge < -0.3 is 15.3 Å². The van der Waals surface area contributed by atoms with E-state index in [-0.39, 0.29) is 18.4 Å². The number of hydrogen-bond donors (Lipinski definition) is 2. The lowest BCUT2D eigenvalue weighted by Crippen LogP contribution is -2.34. The van der Waals surface area contributed by atoms with E-state index in [1.807, 2.05) is 13.0 Å². The summed E-state index contributed by atoms with van der Waals surface area (Å²) in [6.45, 7) is 3.11. The lowest BCUT2D eigenvalue weighted by Gasteiger charge is -2.19. The molecule has 2 N–H and O–H groups in total. The van der Waals surface area contributed by atoms with Gasteiger partial charge in [0.1, 0.15) is 6.61 Å². The number of carbonyl (C=O) groups is 2. The zero-order chi connectivity index (χ0) is 15.2. The van der Waals surface area contributed by atoms with Crippen molar-refractivity contribution in [3.8, 4) is 11.8 Å². The summed E-state index contributed by atoms with van der Waals surface area (Å²) in [6.07, 6.45) is 0.328. The van der Waals surface area contributed by atoms with Gasteiger partial charge in [-0.25, -0.2) is 0 Å². The Morgan fingerprint density at radius 3 is 3.00 bits per heavy atom. The molecule has 1 aliphatic rings. The molecule has 5 heteroatoms. The molecule has 1 fully saturated rings. The van der Waals surface area contributed by atoms with E-state index < -0.39 is 0 Å². The Balaban J connectivity index is 2.20. The molecule has 0 aliphatic carbocycles. The maximum atomic E-state index is 12.5.